The first kappa shape index (κ1) is 16.7. The predicted molar refractivity (Wildman–Crippen MR) is 91.6 cm³/mol. The summed E-state index contributed by atoms with van der Waals surface area (Å²) >= 11 is 0. The topological polar surface area (TPSA) is 70.4 Å². The summed E-state index contributed by atoms with van der Waals surface area (Å²) in [6.45, 7) is 1.37. The van der Waals surface area contributed by atoms with Gasteiger partial charge in [0.05, 0.1) is 17.2 Å². The molecule has 126 valence electrons. The number of amides is 1. The van der Waals surface area contributed by atoms with Crippen LogP contribution in [0.3, 0.4) is 0 Å². The molecule has 1 saturated heterocycles. The highest BCUT2D eigenvalue weighted by Crippen LogP contribution is 2.24. The molecule has 2 aromatic carbocycles. The summed E-state index contributed by atoms with van der Waals surface area (Å²) in [4.78, 5) is 27.1. The van der Waals surface area contributed by atoms with Crippen LogP contribution in [0.1, 0.15) is 40.4 Å². The zero-order valence-corrected chi connectivity index (χ0v) is 13.7. The molecule has 0 N–H and O–H groups in total. The van der Waals surface area contributed by atoms with Crippen LogP contribution in [0.4, 0.5) is 0 Å². The number of hydrogen-bond acceptors (Lipinski definition) is 4. The van der Waals surface area contributed by atoms with Crippen molar-refractivity contribution in [3.05, 3.63) is 71.3 Å². The number of carbonyl (C=O) groups is 2. The van der Waals surface area contributed by atoms with Gasteiger partial charge in [0.1, 0.15) is 0 Å². The quantitative estimate of drug-likeness (QED) is 0.806. The average Bonchev–Trinajstić information content (AvgIpc) is 3.21. The molecule has 3 rings (SSSR count). The van der Waals surface area contributed by atoms with Gasteiger partial charge in [-0.25, -0.2) is 4.79 Å². The van der Waals surface area contributed by atoms with Crippen LogP contribution in [0.5, 0.6) is 0 Å². The van der Waals surface area contributed by atoms with Crippen molar-refractivity contribution >= 4 is 11.9 Å². The van der Waals surface area contributed by atoms with Crippen LogP contribution in [-0.2, 0) is 9.53 Å². The molecule has 25 heavy (non-hydrogen) atoms. The normalized spacial score (nSPS) is 14.6. The maximum absolute atomic E-state index is 12.8. The Morgan fingerprint density at radius 1 is 1.04 bits per heavy atom. The molecule has 0 aliphatic carbocycles. The number of ether oxygens (including phenoxy) is 1. The summed E-state index contributed by atoms with van der Waals surface area (Å²) < 4.78 is 5.56. The molecule has 1 fully saturated rings. The Morgan fingerprint density at radius 2 is 1.76 bits per heavy atom. The van der Waals surface area contributed by atoms with Crippen LogP contribution in [0, 0.1) is 11.3 Å². The van der Waals surface area contributed by atoms with Crippen molar-refractivity contribution in [1.82, 2.24) is 4.90 Å². The third-order valence-corrected chi connectivity index (χ3v) is 4.20. The van der Waals surface area contributed by atoms with Gasteiger partial charge in [0.25, 0.3) is 5.91 Å². The highest BCUT2D eigenvalue weighted by molar-refractivity contribution is 5.93. The number of carbonyl (C=O) groups excluding carboxylic acids is 2. The Bertz CT molecular complexity index is 805. The maximum atomic E-state index is 12.8. The van der Waals surface area contributed by atoms with Crippen molar-refractivity contribution in [2.24, 2.45) is 0 Å². The maximum Gasteiger partial charge on any atom is 0.339 e. The van der Waals surface area contributed by atoms with Gasteiger partial charge >= 0.3 is 5.97 Å². The molecule has 0 unspecified atom stereocenters. The largest absolute Gasteiger partial charge is 0.444 e. The minimum atomic E-state index is -0.974. The van der Waals surface area contributed by atoms with Gasteiger partial charge in [-0.2, -0.15) is 5.26 Å². The zero-order chi connectivity index (χ0) is 17.6. The van der Waals surface area contributed by atoms with Crippen molar-refractivity contribution in [3.8, 4) is 6.07 Å². The predicted octanol–water partition coefficient (Wildman–Crippen LogP) is 3.08. The van der Waals surface area contributed by atoms with Gasteiger partial charge in [0.2, 0.25) is 6.10 Å². The number of nitrogens with zero attached hydrogens (tertiary/aromatic N) is 2. The van der Waals surface area contributed by atoms with Gasteiger partial charge < -0.3 is 9.64 Å². The van der Waals surface area contributed by atoms with Crippen LogP contribution >= 0.6 is 0 Å². The molecule has 1 amide bonds. The van der Waals surface area contributed by atoms with Crippen LogP contribution in [0.15, 0.2) is 54.6 Å². The van der Waals surface area contributed by atoms with E-state index in [0.717, 1.165) is 12.8 Å². The lowest BCUT2D eigenvalue weighted by Crippen LogP contribution is -2.34. The fourth-order valence-corrected chi connectivity index (χ4v) is 2.88. The molecular weight excluding hydrogens is 316 g/mol. The average molecular weight is 334 g/mol. The second-order valence-corrected chi connectivity index (χ2v) is 5.92. The molecule has 5 heteroatoms. The van der Waals surface area contributed by atoms with Crippen molar-refractivity contribution in [1.29, 1.82) is 5.26 Å². The minimum absolute atomic E-state index is 0.200. The molecular formula is C20H18N2O3. The van der Waals surface area contributed by atoms with Crippen molar-refractivity contribution < 1.29 is 14.3 Å². The van der Waals surface area contributed by atoms with Crippen LogP contribution in [0.2, 0.25) is 0 Å². The number of nitriles is 1. The van der Waals surface area contributed by atoms with E-state index >= 15 is 0 Å². The highest BCUT2D eigenvalue weighted by Gasteiger charge is 2.31. The van der Waals surface area contributed by atoms with Gasteiger partial charge in [-0.3, -0.25) is 4.79 Å². The second-order valence-electron chi connectivity index (χ2n) is 5.92. The monoisotopic (exact) mass is 334 g/mol. The first-order chi connectivity index (χ1) is 12.2. The van der Waals surface area contributed by atoms with Gasteiger partial charge in [0.15, 0.2) is 0 Å². The van der Waals surface area contributed by atoms with Gasteiger partial charge in [-0.1, -0.05) is 36.4 Å². The molecule has 0 bridgehead atoms. The number of hydrogen-bond donors (Lipinski definition) is 0. The first-order valence-corrected chi connectivity index (χ1v) is 8.24. The lowest BCUT2D eigenvalue weighted by molar-refractivity contribution is -0.140. The molecule has 1 heterocycles. The Morgan fingerprint density at radius 3 is 2.44 bits per heavy atom. The molecule has 5 nitrogen and oxygen atoms in total. The van der Waals surface area contributed by atoms with Crippen LogP contribution in [0.25, 0.3) is 0 Å². The van der Waals surface area contributed by atoms with Crippen molar-refractivity contribution in [3.63, 3.8) is 0 Å². The number of benzene rings is 2. The summed E-state index contributed by atoms with van der Waals surface area (Å²) in [7, 11) is 0. The van der Waals surface area contributed by atoms with E-state index in [1.54, 1.807) is 35.2 Å². The Hall–Kier alpha value is -3.13. The zero-order valence-electron chi connectivity index (χ0n) is 13.7. The molecule has 1 aliphatic heterocycles. The standard InChI is InChI=1S/C20H18N2O3/c21-14-15-7-6-10-17(13-15)20(24)25-18(16-8-2-1-3-9-16)19(23)22-11-4-5-12-22/h1-3,6-10,13,18H,4-5,11-12H2/t18-/m1/s1. The lowest BCUT2D eigenvalue weighted by atomic mass is 10.1. The number of rotatable bonds is 4. The van der Waals surface area contributed by atoms with Gasteiger partial charge in [-0.05, 0) is 31.0 Å². The lowest BCUT2D eigenvalue weighted by Gasteiger charge is -2.23. The van der Waals surface area contributed by atoms with Crippen molar-refractivity contribution in [2.45, 2.75) is 18.9 Å². The Balaban J connectivity index is 1.85. The molecule has 0 aromatic heterocycles. The number of esters is 1. The van der Waals surface area contributed by atoms with Crippen molar-refractivity contribution in [2.75, 3.05) is 13.1 Å². The molecule has 1 aliphatic rings. The van der Waals surface area contributed by atoms with Crippen LogP contribution < -0.4 is 0 Å². The van der Waals surface area contributed by atoms with E-state index in [4.69, 9.17) is 10.00 Å². The van der Waals surface area contributed by atoms with E-state index in [0.29, 0.717) is 24.2 Å². The van der Waals surface area contributed by atoms with E-state index in [9.17, 15) is 9.59 Å². The summed E-state index contributed by atoms with van der Waals surface area (Å²) in [5.74, 6) is -0.813. The van der Waals surface area contributed by atoms with Gasteiger partial charge in [0, 0.05) is 18.7 Å². The van der Waals surface area contributed by atoms with E-state index in [-0.39, 0.29) is 11.5 Å². The molecule has 0 spiro atoms. The fraction of sp³-hybridized carbons (Fsp3) is 0.250. The van der Waals surface area contributed by atoms with Gasteiger partial charge in [-0.15, -0.1) is 0 Å². The SMILES string of the molecule is N#Cc1cccc(C(=O)O[C@@H](C(=O)N2CCCC2)c2ccccc2)c1. The minimum Gasteiger partial charge on any atom is -0.444 e. The van der Waals surface area contributed by atoms with E-state index in [1.807, 2.05) is 24.3 Å². The summed E-state index contributed by atoms with van der Waals surface area (Å²) in [5.41, 5.74) is 1.27. The third-order valence-electron chi connectivity index (χ3n) is 4.20. The third kappa shape index (κ3) is 3.86. The fourth-order valence-electron chi connectivity index (χ4n) is 2.88. The number of likely N-dealkylation sites (tertiary alicyclic amines) is 1. The molecule has 0 saturated carbocycles. The summed E-state index contributed by atoms with van der Waals surface area (Å²) in [6, 6.07) is 17.3. The molecule has 1 atom stereocenters. The first-order valence-electron chi connectivity index (χ1n) is 8.24. The van der Waals surface area contributed by atoms with E-state index in [2.05, 4.69) is 0 Å². The Kier molecular flexibility index (Phi) is 5.10. The van der Waals surface area contributed by atoms with E-state index < -0.39 is 12.1 Å². The smallest absolute Gasteiger partial charge is 0.339 e. The van der Waals surface area contributed by atoms with E-state index in [1.165, 1.54) is 6.07 Å². The summed E-state index contributed by atoms with van der Waals surface area (Å²) in [5, 5.41) is 8.97. The van der Waals surface area contributed by atoms with Crippen LogP contribution in [-0.4, -0.2) is 29.9 Å². The Labute approximate surface area is 146 Å². The summed E-state index contributed by atoms with van der Waals surface area (Å²) in [6.07, 6.45) is 0.953. The molecule has 2 aromatic rings. The highest BCUT2D eigenvalue weighted by atomic mass is 16.5. The molecule has 0 radical (unpaired) electrons. The second kappa shape index (κ2) is 7.63.